The summed E-state index contributed by atoms with van der Waals surface area (Å²) in [5.74, 6) is 0.0617. The zero-order valence-electron chi connectivity index (χ0n) is 12.7. The minimum atomic E-state index is 0.0617. The van der Waals surface area contributed by atoms with Crippen LogP contribution in [0.3, 0.4) is 0 Å². The first-order chi connectivity index (χ1) is 10.1. The second-order valence-corrected chi connectivity index (χ2v) is 6.26. The van der Waals surface area contributed by atoms with Crippen molar-refractivity contribution in [2.75, 3.05) is 6.54 Å². The number of thiocarbonyl (C=S) groups is 1. The van der Waals surface area contributed by atoms with E-state index in [0.717, 1.165) is 10.6 Å². The van der Waals surface area contributed by atoms with Crippen LogP contribution < -0.4 is 5.32 Å². The standard InChI is InChI=1S/C17H24N2OS/c1-14(20)19(12-15-8-4-2-5-9-15)13-17(21)18-16-10-6-3-7-11-16/h2,4-5,8-9,16H,3,6-7,10-13H2,1H3,(H,18,21). The van der Waals surface area contributed by atoms with Gasteiger partial charge in [-0.1, -0.05) is 61.8 Å². The summed E-state index contributed by atoms with van der Waals surface area (Å²) in [5.41, 5.74) is 1.13. The molecule has 21 heavy (non-hydrogen) atoms. The van der Waals surface area contributed by atoms with E-state index in [2.05, 4.69) is 5.32 Å². The topological polar surface area (TPSA) is 32.3 Å². The fourth-order valence-corrected chi connectivity index (χ4v) is 3.10. The summed E-state index contributed by atoms with van der Waals surface area (Å²) in [4.78, 5) is 14.4. The van der Waals surface area contributed by atoms with E-state index >= 15 is 0 Å². The third-order valence-corrected chi connectivity index (χ3v) is 4.21. The van der Waals surface area contributed by atoms with Gasteiger partial charge in [-0.05, 0) is 18.4 Å². The molecule has 114 valence electrons. The van der Waals surface area contributed by atoms with E-state index in [9.17, 15) is 4.79 Å². The maximum absolute atomic E-state index is 11.8. The molecule has 1 aliphatic carbocycles. The summed E-state index contributed by atoms with van der Waals surface area (Å²) in [5, 5.41) is 3.43. The third kappa shape index (κ3) is 5.46. The van der Waals surface area contributed by atoms with Crippen molar-refractivity contribution >= 4 is 23.1 Å². The number of hydrogen-bond donors (Lipinski definition) is 1. The van der Waals surface area contributed by atoms with Gasteiger partial charge in [-0.2, -0.15) is 0 Å². The molecule has 1 saturated carbocycles. The lowest BCUT2D eigenvalue weighted by atomic mass is 9.95. The SMILES string of the molecule is CC(=O)N(CC(=S)NC1CCCCC1)Cc1ccccc1. The summed E-state index contributed by atoms with van der Waals surface area (Å²) in [6.07, 6.45) is 6.28. The monoisotopic (exact) mass is 304 g/mol. The fourth-order valence-electron chi connectivity index (χ4n) is 2.78. The molecule has 1 aromatic carbocycles. The average Bonchev–Trinajstić information content (AvgIpc) is 2.48. The minimum absolute atomic E-state index is 0.0617. The highest BCUT2D eigenvalue weighted by atomic mass is 32.1. The van der Waals surface area contributed by atoms with Crippen molar-refractivity contribution in [2.24, 2.45) is 0 Å². The Morgan fingerprint density at radius 1 is 1.24 bits per heavy atom. The smallest absolute Gasteiger partial charge is 0.220 e. The maximum atomic E-state index is 11.8. The molecule has 2 rings (SSSR count). The Morgan fingerprint density at radius 2 is 1.90 bits per heavy atom. The Labute approximate surface area is 132 Å². The second kappa shape index (κ2) is 8.13. The Hall–Kier alpha value is -1.42. The number of nitrogens with zero attached hydrogens (tertiary/aromatic N) is 1. The zero-order valence-corrected chi connectivity index (χ0v) is 13.5. The molecule has 0 aliphatic heterocycles. The summed E-state index contributed by atoms with van der Waals surface area (Å²) in [6, 6.07) is 10.5. The van der Waals surface area contributed by atoms with Crippen molar-refractivity contribution in [1.29, 1.82) is 0 Å². The van der Waals surface area contributed by atoms with Crippen LogP contribution in [0.15, 0.2) is 30.3 Å². The third-order valence-electron chi connectivity index (χ3n) is 3.97. The van der Waals surface area contributed by atoms with Gasteiger partial charge in [-0.25, -0.2) is 0 Å². The molecule has 1 N–H and O–H groups in total. The van der Waals surface area contributed by atoms with Crippen molar-refractivity contribution in [3.63, 3.8) is 0 Å². The van der Waals surface area contributed by atoms with E-state index < -0.39 is 0 Å². The van der Waals surface area contributed by atoms with Gasteiger partial charge in [0, 0.05) is 19.5 Å². The molecule has 0 aromatic heterocycles. The predicted molar refractivity (Wildman–Crippen MR) is 90.1 cm³/mol. The highest BCUT2D eigenvalue weighted by molar-refractivity contribution is 7.80. The number of amides is 1. The number of hydrogen-bond acceptors (Lipinski definition) is 2. The lowest BCUT2D eigenvalue weighted by molar-refractivity contribution is -0.128. The van der Waals surface area contributed by atoms with Crippen molar-refractivity contribution in [2.45, 2.75) is 51.6 Å². The van der Waals surface area contributed by atoms with Gasteiger partial charge in [-0.3, -0.25) is 4.79 Å². The van der Waals surface area contributed by atoms with E-state index in [-0.39, 0.29) is 5.91 Å². The molecule has 0 saturated heterocycles. The first-order valence-electron chi connectivity index (χ1n) is 7.74. The van der Waals surface area contributed by atoms with Crippen LogP contribution in [0.4, 0.5) is 0 Å². The van der Waals surface area contributed by atoms with Gasteiger partial charge in [-0.15, -0.1) is 0 Å². The molecule has 1 fully saturated rings. The van der Waals surface area contributed by atoms with Gasteiger partial charge in [0.05, 0.1) is 11.5 Å². The normalized spacial score (nSPS) is 15.5. The van der Waals surface area contributed by atoms with Crippen LogP contribution in [-0.4, -0.2) is 28.4 Å². The van der Waals surface area contributed by atoms with Gasteiger partial charge in [0.1, 0.15) is 0 Å². The van der Waals surface area contributed by atoms with Crippen molar-refractivity contribution in [3.8, 4) is 0 Å². The lowest BCUT2D eigenvalue weighted by Crippen LogP contribution is -2.43. The van der Waals surface area contributed by atoms with Crippen LogP contribution in [0.25, 0.3) is 0 Å². The minimum Gasteiger partial charge on any atom is -0.375 e. The fraction of sp³-hybridized carbons (Fsp3) is 0.529. The Kier molecular flexibility index (Phi) is 6.18. The van der Waals surface area contributed by atoms with E-state index in [1.54, 1.807) is 11.8 Å². The molecule has 0 bridgehead atoms. The number of rotatable bonds is 5. The number of benzene rings is 1. The summed E-state index contributed by atoms with van der Waals surface area (Å²) in [7, 11) is 0. The Bertz CT molecular complexity index is 469. The van der Waals surface area contributed by atoms with E-state index in [1.165, 1.54) is 32.1 Å². The Morgan fingerprint density at radius 3 is 2.52 bits per heavy atom. The van der Waals surface area contributed by atoms with Gasteiger partial charge in [0.15, 0.2) is 0 Å². The van der Waals surface area contributed by atoms with Crippen LogP contribution in [0.2, 0.25) is 0 Å². The molecular formula is C17H24N2OS. The average molecular weight is 304 g/mol. The molecule has 0 unspecified atom stereocenters. The molecule has 1 amide bonds. The Balaban J connectivity index is 1.86. The summed E-state index contributed by atoms with van der Waals surface area (Å²) >= 11 is 5.44. The zero-order chi connectivity index (χ0) is 15.1. The van der Waals surface area contributed by atoms with Crippen LogP contribution in [0, 0.1) is 0 Å². The number of nitrogens with one attached hydrogen (secondary N) is 1. The number of carbonyl (C=O) groups excluding carboxylic acids is 1. The first-order valence-corrected chi connectivity index (χ1v) is 8.15. The summed E-state index contributed by atoms with van der Waals surface area (Å²) < 4.78 is 0. The molecule has 0 atom stereocenters. The second-order valence-electron chi connectivity index (χ2n) is 5.76. The van der Waals surface area contributed by atoms with Crippen molar-refractivity contribution in [3.05, 3.63) is 35.9 Å². The van der Waals surface area contributed by atoms with Crippen LogP contribution in [0.5, 0.6) is 0 Å². The van der Waals surface area contributed by atoms with Crippen LogP contribution in [0.1, 0.15) is 44.6 Å². The molecule has 1 aliphatic rings. The molecule has 0 radical (unpaired) electrons. The van der Waals surface area contributed by atoms with Crippen LogP contribution >= 0.6 is 12.2 Å². The van der Waals surface area contributed by atoms with E-state index in [0.29, 0.717) is 19.1 Å². The molecule has 4 heteroatoms. The van der Waals surface area contributed by atoms with E-state index in [1.807, 2.05) is 30.3 Å². The largest absolute Gasteiger partial charge is 0.375 e. The maximum Gasteiger partial charge on any atom is 0.220 e. The molecule has 0 spiro atoms. The van der Waals surface area contributed by atoms with Crippen molar-refractivity contribution < 1.29 is 4.79 Å². The number of carbonyl (C=O) groups is 1. The highest BCUT2D eigenvalue weighted by Crippen LogP contribution is 2.17. The molecule has 0 heterocycles. The van der Waals surface area contributed by atoms with E-state index in [4.69, 9.17) is 12.2 Å². The van der Waals surface area contributed by atoms with Gasteiger partial charge in [0.2, 0.25) is 5.91 Å². The lowest BCUT2D eigenvalue weighted by Gasteiger charge is -2.27. The van der Waals surface area contributed by atoms with Crippen molar-refractivity contribution in [1.82, 2.24) is 10.2 Å². The molecular weight excluding hydrogens is 280 g/mol. The predicted octanol–water partition coefficient (Wildman–Crippen LogP) is 3.28. The van der Waals surface area contributed by atoms with Crippen LogP contribution in [-0.2, 0) is 11.3 Å². The van der Waals surface area contributed by atoms with Gasteiger partial charge in [0.25, 0.3) is 0 Å². The summed E-state index contributed by atoms with van der Waals surface area (Å²) in [6.45, 7) is 2.73. The highest BCUT2D eigenvalue weighted by Gasteiger charge is 2.17. The quantitative estimate of drug-likeness (QED) is 0.847. The first kappa shape index (κ1) is 16.0. The molecule has 3 nitrogen and oxygen atoms in total. The molecule has 1 aromatic rings. The van der Waals surface area contributed by atoms with Gasteiger partial charge >= 0.3 is 0 Å². The van der Waals surface area contributed by atoms with Gasteiger partial charge < -0.3 is 10.2 Å².